The van der Waals surface area contributed by atoms with E-state index < -0.39 is 0 Å². The van der Waals surface area contributed by atoms with Gasteiger partial charge in [-0.05, 0) is 24.6 Å². The van der Waals surface area contributed by atoms with E-state index in [0.29, 0.717) is 6.61 Å². The Bertz CT molecular complexity index is 546. The number of ether oxygens (including phenoxy) is 2. The average molecular weight is 350 g/mol. The molecule has 0 amide bonds. The first-order valence-electron chi connectivity index (χ1n) is 7.18. The molecule has 0 saturated carbocycles. The number of rotatable bonds is 8. The van der Waals surface area contributed by atoms with Crippen LogP contribution >= 0.6 is 15.9 Å². The summed E-state index contributed by atoms with van der Waals surface area (Å²) in [5, 5.41) is 0.764. The molecule has 2 rings (SSSR count). The van der Waals surface area contributed by atoms with Gasteiger partial charge < -0.3 is 9.47 Å². The predicted molar refractivity (Wildman–Crippen MR) is 88.3 cm³/mol. The molecule has 0 bridgehead atoms. The van der Waals surface area contributed by atoms with E-state index in [1.54, 1.807) is 6.20 Å². The lowest BCUT2D eigenvalue weighted by molar-refractivity contribution is 0.301. The molecule has 0 atom stereocenters. The first-order valence-corrected chi connectivity index (χ1v) is 8.30. The lowest BCUT2D eigenvalue weighted by Crippen LogP contribution is -2.04. The SMILES string of the molecule is CCCOc1ccc(CBr)c(OCCc2ccccn2)c1. The Labute approximate surface area is 134 Å². The van der Waals surface area contributed by atoms with Crippen molar-refractivity contribution in [1.82, 2.24) is 4.98 Å². The molecule has 0 radical (unpaired) electrons. The number of hydrogen-bond donors (Lipinski definition) is 0. The van der Waals surface area contributed by atoms with Crippen LogP contribution in [0.3, 0.4) is 0 Å². The lowest BCUT2D eigenvalue weighted by atomic mass is 10.2. The number of pyridine rings is 1. The molecule has 0 aliphatic carbocycles. The highest BCUT2D eigenvalue weighted by atomic mass is 79.9. The van der Waals surface area contributed by atoms with Crippen LogP contribution in [-0.2, 0) is 11.8 Å². The van der Waals surface area contributed by atoms with E-state index in [4.69, 9.17) is 9.47 Å². The predicted octanol–water partition coefficient (Wildman–Crippen LogP) is 4.39. The fourth-order valence-electron chi connectivity index (χ4n) is 1.90. The zero-order valence-electron chi connectivity index (χ0n) is 12.2. The fraction of sp³-hybridized carbons (Fsp3) is 0.353. The number of halogens is 1. The highest BCUT2D eigenvalue weighted by Gasteiger charge is 2.06. The summed E-state index contributed by atoms with van der Waals surface area (Å²) in [6, 6.07) is 11.9. The summed E-state index contributed by atoms with van der Waals surface area (Å²) in [6.07, 6.45) is 3.59. The topological polar surface area (TPSA) is 31.4 Å². The Morgan fingerprint density at radius 3 is 2.71 bits per heavy atom. The van der Waals surface area contributed by atoms with E-state index in [-0.39, 0.29) is 0 Å². The van der Waals surface area contributed by atoms with Crippen molar-refractivity contribution in [2.24, 2.45) is 0 Å². The molecule has 1 aromatic carbocycles. The van der Waals surface area contributed by atoms with Crippen LogP contribution in [0.1, 0.15) is 24.6 Å². The van der Waals surface area contributed by atoms with Gasteiger partial charge in [0, 0.05) is 35.3 Å². The van der Waals surface area contributed by atoms with Gasteiger partial charge in [0.05, 0.1) is 13.2 Å². The van der Waals surface area contributed by atoms with Crippen LogP contribution < -0.4 is 9.47 Å². The summed E-state index contributed by atoms with van der Waals surface area (Å²) < 4.78 is 11.6. The summed E-state index contributed by atoms with van der Waals surface area (Å²) >= 11 is 3.49. The van der Waals surface area contributed by atoms with Crippen molar-refractivity contribution in [2.75, 3.05) is 13.2 Å². The van der Waals surface area contributed by atoms with Gasteiger partial charge in [-0.1, -0.05) is 35.0 Å². The summed E-state index contributed by atoms with van der Waals surface area (Å²) in [5.74, 6) is 1.73. The van der Waals surface area contributed by atoms with Crippen LogP contribution in [0.25, 0.3) is 0 Å². The second-order valence-corrected chi connectivity index (χ2v) is 5.23. The standard InChI is InChI=1S/C17H20BrNO2/c1-2-10-20-16-7-6-14(13-18)17(12-16)21-11-8-15-5-3-4-9-19-15/h3-7,9,12H,2,8,10-11,13H2,1H3. The van der Waals surface area contributed by atoms with Gasteiger partial charge in [0.1, 0.15) is 11.5 Å². The second kappa shape index (κ2) is 8.67. The van der Waals surface area contributed by atoms with Crippen LogP contribution in [-0.4, -0.2) is 18.2 Å². The van der Waals surface area contributed by atoms with E-state index in [0.717, 1.165) is 47.5 Å². The lowest BCUT2D eigenvalue weighted by Gasteiger charge is -2.12. The van der Waals surface area contributed by atoms with E-state index >= 15 is 0 Å². The molecule has 0 saturated heterocycles. The average Bonchev–Trinajstić information content (AvgIpc) is 2.54. The summed E-state index contributed by atoms with van der Waals surface area (Å²) in [4.78, 5) is 4.30. The van der Waals surface area contributed by atoms with Gasteiger partial charge >= 0.3 is 0 Å². The van der Waals surface area contributed by atoms with Gasteiger partial charge in [-0.25, -0.2) is 0 Å². The monoisotopic (exact) mass is 349 g/mol. The molecule has 0 N–H and O–H groups in total. The third-order valence-electron chi connectivity index (χ3n) is 3.00. The summed E-state index contributed by atoms with van der Waals surface area (Å²) in [6.45, 7) is 3.42. The number of alkyl halides is 1. The summed E-state index contributed by atoms with van der Waals surface area (Å²) in [7, 11) is 0. The Morgan fingerprint density at radius 2 is 2.00 bits per heavy atom. The number of aromatic nitrogens is 1. The number of benzene rings is 1. The molecule has 0 aliphatic heterocycles. The zero-order chi connectivity index (χ0) is 14.9. The van der Waals surface area contributed by atoms with Crippen LogP contribution in [0.2, 0.25) is 0 Å². The zero-order valence-corrected chi connectivity index (χ0v) is 13.8. The normalized spacial score (nSPS) is 10.4. The molecule has 21 heavy (non-hydrogen) atoms. The highest BCUT2D eigenvalue weighted by Crippen LogP contribution is 2.27. The van der Waals surface area contributed by atoms with Crippen LogP contribution in [0, 0.1) is 0 Å². The largest absolute Gasteiger partial charge is 0.493 e. The second-order valence-electron chi connectivity index (χ2n) is 4.67. The molecule has 2 aromatic rings. The smallest absolute Gasteiger partial charge is 0.127 e. The molecule has 0 spiro atoms. The Morgan fingerprint density at radius 1 is 1.10 bits per heavy atom. The van der Waals surface area contributed by atoms with E-state index in [1.165, 1.54) is 0 Å². The Kier molecular flexibility index (Phi) is 6.54. The quantitative estimate of drug-likeness (QED) is 0.662. The molecular weight excluding hydrogens is 330 g/mol. The minimum atomic E-state index is 0.605. The van der Waals surface area contributed by atoms with Crippen molar-refractivity contribution in [3.63, 3.8) is 0 Å². The Hall–Kier alpha value is -1.55. The molecule has 112 valence electrons. The molecule has 1 heterocycles. The first kappa shape index (κ1) is 15.8. The van der Waals surface area contributed by atoms with Gasteiger partial charge in [0.2, 0.25) is 0 Å². The molecule has 0 fully saturated rings. The van der Waals surface area contributed by atoms with E-state index in [9.17, 15) is 0 Å². The van der Waals surface area contributed by atoms with Gasteiger partial charge in [-0.3, -0.25) is 4.98 Å². The maximum atomic E-state index is 5.90. The first-order chi connectivity index (χ1) is 10.3. The third-order valence-corrected chi connectivity index (χ3v) is 3.60. The minimum absolute atomic E-state index is 0.605. The van der Waals surface area contributed by atoms with Crippen molar-refractivity contribution in [3.05, 3.63) is 53.9 Å². The Balaban J connectivity index is 1.96. The van der Waals surface area contributed by atoms with Crippen LogP contribution in [0.4, 0.5) is 0 Å². The van der Waals surface area contributed by atoms with Gasteiger partial charge in [0.25, 0.3) is 0 Å². The van der Waals surface area contributed by atoms with Crippen molar-refractivity contribution < 1.29 is 9.47 Å². The van der Waals surface area contributed by atoms with Gasteiger partial charge in [-0.2, -0.15) is 0 Å². The molecule has 1 aromatic heterocycles. The summed E-state index contributed by atoms with van der Waals surface area (Å²) in [5.41, 5.74) is 2.16. The minimum Gasteiger partial charge on any atom is -0.493 e. The highest BCUT2D eigenvalue weighted by molar-refractivity contribution is 9.08. The van der Waals surface area contributed by atoms with Crippen LogP contribution in [0.5, 0.6) is 11.5 Å². The molecule has 0 unspecified atom stereocenters. The fourth-order valence-corrected chi connectivity index (χ4v) is 2.36. The molecular formula is C17H20BrNO2. The van der Waals surface area contributed by atoms with Gasteiger partial charge in [-0.15, -0.1) is 0 Å². The maximum Gasteiger partial charge on any atom is 0.127 e. The number of hydrogen-bond acceptors (Lipinski definition) is 3. The maximum absolute atomic E-state index is 5.90. The molecule has 3 nitrogen and oxygen atoms in total. The van der Waals surface area contributed by atoms with Crippen LogP contribution in [0.15, 0.2) is 42.6 Å². The van der Waals surface area contributed by atoms with Crippen molar-refractivity contribution in [2.45, 2.75) is 25.1 Å². The van der Waals surface area contributed by atoms with Crippen molar-refractivity contribution in [1.29, 1.82) is 0 Å². The van der Waals surface area contributed by atoms with Crippen molar-refractivity contribution >= 4 is 15.9 Å². The molecule has 4 heteroatoms. The van der Waals surface area contributed by atoms with E-state index in [2.05, 4.69) is 27.8 Å². The van der Waals surface area contributed by atoms with Gasteiger partial charge in [0.15, 0.2) is 0 Å². The number of nitrogens with zero attached hydrogens (tertiary/aromatic N) is 1. The molecule has 0 aliphatic rings. The van der Waals surface area contributed by atoms with E-state index in [1.807, 2.05) is 36.4 Å². The van der Waals surface area contributed by atoms with Crippen molar-refractivity contribution in [3.8, 4) is 11.5 Å². The third kappa shape index (κ3) is 5.05.